The van der Waals surface area contributed by atoms with E-state index in [-0.39, 0.29) is 49.2 Å². The van der Waals surface area contributed by atoms with Crippen molar-refractivity contribution in [2.24, 2.45) is 16.7 Å². The van der Waals surface area contributed by atoms with Gasteiger partial charge in [-0.25, -0.2) is 8.42 Å². The lowest BCUT2D eigenvalue weighted by atomic mass is 9.70. The van der Waals surface area contributed by atoms with Crippen LogP contribution in [0.25, 0.3) is 0 Å². The molecule has 0 heterocycles. The van der Waals surface area contributed by atoms with Crippen molar-refractivity contribution in [1.82, 2.24) is 0 Å². The van der Waals surface area contributed by atoms with E-state index in [0.29, 0.717) is 12.8 Å². The summed E-state index contributed by atoms with van der Waals surface area (Å²) >= 11 is -0.0703. The normalized spacial score (nSPS) is 23.4. The van der Waals surface area contributed by atoms with Gasteiger partial charge >= 0.3 is 21.2 Å². The first-order chi connectivity index (χ1) is 16.3. The number of ketones is 1. The maximum absolute atomic E-state index is 11.8. The molecule has 198 valence electrons. The van der Waals surface area contributed by atoms with Crippen molar-refractivity contribution in [2.75, 3.05) is 5.75 Å². The molecule has 2 bridgehead atoms. The molecule has 2 atom stereocenters. The Balaban J connectivity index is 0.000000212. The zero-order valence-electron chi connectivity index (χ0n) is 22.9. The topological polar surface area (TPSA) is 74.3 Å². The lowest BCUT2D eigenvalue weighted by molar-refractivity contribution is -0.597. The molecule has 2 aliphatic rings. The second kappa shape index (κ2) is 10.1. The van der Waals surface area contributed by atoms with Crippen LogP contribution >= 0.6 is 0 Å². The predicted molar refractivity (Wildman–Crippen MR) is 141 cm³/mol. The van der Waals surface area contributed by atoms with E-state index in [0.717, 1.165) is 6.42 Å². The number of rotatable bonds is 4. The second-order valence-corrected chi connectivity index (χ2v) is 17.4. The van der Waals surface area contributed by atoms with Gasteiger partial charge in [0.15, 0.2) is 7.14 Å². The van der Waals surface area contributed by atoms with E-state index in [2.05, 4.69) is 90.1 Å². The molecule has 0 aromatic heterocycles. The number of carbonyl (C=O) groups is 1. The summed E-state index contributed by atoms with van der Waals surface area (Å²) in [6, 6.07) is 18.4. The van der Waals surface area contributed by atoms with Crippen molar-refractivity contribution in [2.45, 2.75) is 85.5 Å². The number of Topliss-reactive ketones (excluding diaryl/α,β-unsaturated/α-hetero) is 1. The standard InChI is InChI=1S/C20H26I.C10H16O4S/c1-19(2,3)15-7-11-17(12-8-15)21-18-13-9-16(10-14-18)20(4,5)6;1-9(2)7-3-4-10(9,8(11)5-7)6-15(12,13)14/h7-14H,1-6H3;7H,3-6H2,1-2H3,(H,12,13,14)/q+1;/p-1/t;7-,10-/m.1/s1. The van der Waals surface area contributed by atoms with Crippen LogP contribution in [0.2, 0.25) is 0 Å². The maximum atomic E-state index is 11.8. The fourth-order valence-corrected chi connectivity index (χ4v) is 9.00. The minimum absolute atomic E-state index is 0.0248. The van der Waals surface area contributed by atoms with Crippen molar-refractivity contribution in [3.05, 3.63) is 66.8 Å². The Labute approximate surface area is 228 Å². The highest BCUT2D eigenvalue weighted by atomic mass is 127. The third-order valence-corrected chi connectivity index (χ3v) is 11.7. The van der Waals surface area contributed by atoms with Gasteiger partial charge in [0, 0.05) is 11.8 Å². The van der Waals surface area contributed by atoms with Crippen LogP contribution in [0.15, 0.2) is 48.5 Å². The second-order valence-electron chi connectivity index (χ2n) is 13.0. The predicted octanol–water partition coefficient (Wildman–Crippen LogP) is 3.34. The average molecular weight is 625 g/mol. The summed E-state index contributed by atoms with van der Waals surface area (Å²) in [5.74, 6) is -0.280. The van der Waals surface area contributed by atoms with E-state index in [1.54, 1.807) is 0 Å². The highest BCUT2D eigenvalue weighted by Gasteiger charge is 2.64. The van der Waals surface area contributed by atoms with Crippen molar-refractivity contribution in [1.29, 1.82) is 0 Å². The summed E-state index contributed by atoms with van der Waals surface area (Å²) in [7, 11) is -4.33. The summed E-state index contributed by atoms with van der Waals surface area (Å²) in [5.41, 5.74) is 2.09. The first-order valence-electron chi connectivity index (χ1n) is 12.7. The van der Waals surface area contributed by atoms with Crippen LogP contribution in [0.3, 0.4) is 0 Å². The molecule has 0 unspecified atom stereocenters. The van der Waals surface area contributed by atoms with Gasteiger partial charge in [0.1, 0.15) is 5.78 Å². The fraction of sp³-hybridized carbons (Fsp3) is 0.567. The van der Waals surface area contributed by atoms with E-state index in [4.69, 9.17) is 0 Å². The largest absolute Gasteiger partial charge is 0.748 e. The third kappa shape index (κ3) is 6.41. The lowest BCUT2D eigenvalue weighted by Gasteiger charge is -2.37. The maximum Gasteiger partial charge on any atom is 0.357 e. The van der Waals surface area contributed by atoms with Crippen LogP contribution in [-0.2, 0) is 25.7 Å². The van der Waals surface area contributed by atoms with Crippen LogP contribution in [0.5, 0.6) is 0 Å². The number of benzene rings is 2. The van der Waals surface area contributed by atoms with E-state index >= 15 is 0 Å². The summed E-state index contributed by atoms with van der Waals surface area (Å²) in [5, 5.41) is 0. The molecule has 4 rings (SSSR count). The van der Waals surface area contributed by atoms with Crippen LogP contribution < -0.4 is 21.2 Å². The number of hydrogen-bond donors (Lipinski definition) is 0. The molecule has 0 N–H and O–H groups in total. The molecular weight excluding hydrogens is 583 g/mol. The van der Waals surface area contributed by atoms with Crippen LogP contribution in [0, 0.1) is 23.9 Å². The Morgan fingerprint density at radius 2 is 1.28 bits per heavy atom. The average Bonchev–Trinajstić information content (AvgIpc) is 3.07. The zero-order chi connectivity index (χ0) is 27.2. The van der Waals surface area contributed by atoms with Crippen molar-refractivity contribution in [3.63, 3.8) is 0 Å². The van der Waals surface area contributed by atoms with Gasteiger partial charge in [0.05, 0.1) is 15.9 Å². The summed E-state index contributed by atoms with van der Waals surface area (Å²) in [6.45, 7) is 17.4. The van der Waals surface area contributed by atoms with Crippen molar-refractivity contribution in [3.8, 4) is 0 Å². The Kier molecular flexibility index (Phi) is 8.25. The van der Waals surface area contributed by atoms with Gasteiger partial charge in [-0.05, 0) is 70.4 Å². The molecule has 6 heteroatoms. The van der Waals surface area contributed by atoms with Gasteiger partial charge in [-0.3, -0.25) is 4.79 Å². The lowest BCUT2D eigenvalue weighted by Crippen LogP contribution is -3.61. The zero-order valence-corrected chi connectivity index (χ0v) is 25.9. The van der Waals surface area contributed by atoms with E-state index < -0.39 is 21.3 Å². The van der Waals surface area contributed by atoms with E-state index in [1.165, 1.54) is 18.3 Å². The van der Waals surface area contributed by atoms with Crippen LogP contribution in [0.4, 0.5) is 0 Å². The highest BCUT2D eigenvalue weighted by Crippen LogP contribution is 2.64. The molecule has 2 aromatic rings. The van der Waals surface area contributed by atoms with Crippen LogP contribution in [-0.4, -0.2) is 24.5 Å². The van der Waals surface area contributed by atoms with E-state index in [1.807, 2.05) is 13.8 Å². The Morgan fingerprint density at radius 3 is 1.56 bits per heavy atom. The Morgan fingerprint density at radius 1 is 0.861 bits per heavy atom. The molecule has 2 aliphatic carbocycles. The monoisotopic (exact) mass is 624 g/mol. The van der Waals surface area contributed by atoms with E-state index in [9.17, 15) is 17.8 Å². The Bertz CT molecular complexity index is 1130. The first kappa shape index (κ1) is 29.3. The molecular formula is C30H41IO4S. The number of hydrogen-bond acceptors (Lipinski definition) is 4. The Hall–Kier alpha value is -1.25. The van der Waals surface area contributed by atoms with Gasteiger partial charge in [-0.2, -0.15) is 0 Å². The molecule has 2 saturated carbocycles. The van der Waals surface area contributed by atoms with Crippen molar-refractivity contribution >= 4 is 15.9 Å². The smallest absolute Gasteiger partial charge is 0.357 e. The molecule has 4 nitrogen and oxygen atoms in total. The van der Waals surface area contributed by atoms with Gasteiger partial charge < -0.3 is 4.55 Å². The summed E-state index contributed by atoms with van der Waals surface area (Å²) in [6.07, 6.45) is 1.88. The minimum Gasteiger partial charge on any atom is -0.748 e. The molecule has 0 amide bonds. The molecule has 0 spiro atoms. The van der Waals surface area contributed by atoms with Crippen LogP contribution in [0.1, 0.15) is 85.8 Å². The molecule has 0 aliphatic heterocycles. The molecule has 0 saturated heterocycles. The molecule has 0 radical (unpaired) electrons. The van der Waals surface area contributed by atoms with Gasteiger partial charge in [0.2, 0.25) is 0 Å². The van der Waals surface area contributed by atoms with Gasteiger partial charge in [-0.15, -0.1) is 0 Å². The molecule has 36 heavy (non-hydrogen) atoms. The van der Waals surface area contributed by atoms with Gasteiger partial charge in [-0.1, -0.05) is 79.7 Å². The quantitative estimate of drug-likeness (QED) is 0.387. The number of fused-ring (bicyclic) bond motifs is 2. The third-order valence-electron chi connectivity index (χ3n) is 8.20. The van der Waals surface area contributed by atoms with Gasteiger partial charge in [0.25, 0.3) is 0 Å². The number of carbonyl (C=O) groups excluding carboxylic acids is 1. The SMILES string of the molecule is CC(C)(C)c1ccc([I+]c2ccc(C(C)(C)C)cc2)cc1.CC1(C)[C@@H]2CC[C@@]1(CS(=O)(=O)[O-])C(=O)C2. The first-order valence-corrected chi connectivity index (χ1v) is 16.4. The molecule has 2 aromatic carbocycles. The molecule has 2 fully saturated rings. The number of halogens is 1. The van der Waals surface area contributed by atoms with Crippen molar-refractivity contribution < 1.29 is 39.0 Å². The summed E-state index contributed by atoms with van der Waals surface area (Å²) in [4.78, 5) is 11.8. The fourth-order valence-electron chi connectivity index (χ4n) is 5.56. The minimum atomic E-state index is -4.33. The highest BCUT2D eigenvalue weighted by molar-refractivity contribution is 7.85. The summed E-state index contributed by atoms with van der Waals surface area (Å²) < 4.78 is 35.7.